The number of benzene rings is 2. The van der Waals surface area contributed by atoms with E-state index in [9.17, 15) is 4.79 Å². The molecule has 3 nitrogen and oxygen atoms in total. The van der Waals surface area contributed by atoms with Gasteiger partial charge in [0.2, 0.25) is 0 Å². The van der Waals surface area contributed by atoms with E-state index in [4.69, 9.17) is 4.74 Å². The van der Waals surface area contributed by atoms with Crippen molar-refractivity contribution in [1.82, 2.24) is 4.90 Å². The number of ether oxygens (including phenoxy) is 1. The molecule has 0 aromatic heterocycles. The molecular weight excluding hydrogens is 334 g/mol. The van der Waals surface area contributed by atoms with E-state index in [1.54, 1.807) is 0 Å². The first-order valence-corrected chi connectivity index (χ1v) is 10.1. The third kappa shape index (κ3) is 3.87. The second-order valence-electron chi connectivity index (χ2n) is 8.88. The molecule has 2 aromatic rings. The van der Waals surface area contributed by atoms with E-state index in [1.165, 1.54) is 28.3 Å². The zero-order valence-corrected chi connectivity index (χ0v) is 16.6. The maximum atomic E-state index is 12.7. The van der Waals surface area contributed by atoms with Gasteiger partial charge in [0, 0.05) is 6.04 Å². The zero-order chi connectivity index (χ0) is 19.0. The van der Waals surface area contributed by atoms with Gasteiger partial charge in [0.15, 0.2) is 0 Å². The normalized spacial score (nSPS) is 22.5. The molecule has 0 N–H and O–H groups in total. The molecule has 2 aliphatic heterocycles. The number of carbonyl (C=O) groups excluding carboxylic acids is 1. The smallest absolute Gasteiger partial charge is 0.411 e. The summed E-state index contributed by atoms with van der Waals surface area (Å²) in [5.41, 5.74) is 2.39. The lowest BCUT2D eigenvalue weighted by Crippen LogP contribution is -2.53. The molecule has 2 aliphatic rings. The summed E-state index contributed by atoms with van der Waals surface area (Å²) in [5.74, 6) is 0. The monoisotopic (exact) mass is 363 g/mol. The Morgan fingerprint density at radius 2 is 1.89 bits per heavy atom. The van der Waals surface area contributed by atoms with Crippen molar-refractivity contribution in [3.8, 4) is 0 Å². The summed E-state index contributed by atoms with van der Waals surface area (Å²) in [6, 6.07) is 15.6. The van der Waals surface area contributed by atoms with Crippen molar-refractivity contribution in [3.63, 3.8) is 0 Å². The van der Waals surface area contributed by atoms with Crippen LogP contribution in [0.1, 0.15) is 52.0 Å². The first-order valence-electron chi connectivity index (χ1n) is 10.1. The van der Waals surface area contributed by atoms with E-state index < -0.39 is 5.60 Å². The Morgan fingerprint density at radius 1 is 1.11 bits per heavy atom. The standard InChI is InChI=1S/C24H29NO2/c1-24(2,3)27-23(26)25-20-11-7-12-21(25)16-17(15-20)14-19-10-6-9-18-8-4-5-13-22(18)19/h4-6,8-10,13,15,20-21H,7,11-12,14,16H2,1-3H3. The molecule has 0 saturated carbocycles. The molecule has 2 aromatic carbocycles. The number of hydrogen-bond donors (Lipinski definition) is 0. The topological polar surface area (TPSA) is 29.5 Å². The minimum Gasteiger partial charge on any atom is -0.444 e. The van der Waals surface area contributed by atoms with Gasteiger partial charge in [-0.05, 0) is 69.2 Å². The summed E-state index contributed by atoms with van der Waals surface area (Å²) in [4.78, 5) is 14.7. The Kier molecular flexibility index (Phi) is 4.71. The molecule has 142 valence electrons. The number of piperidine rings is 1. The second kappa shape index (κ2) is 7.03. The number of hydrogen-bond acceptors (Lipinski definition) is 2. The average molecular weight is 364 g/mol. The van der Waals surface area contributed by atoms with E-state index in [1.807, 2.05) is 25.7 Å². The van der Waals surface area contributed by atoms with Crippen molar-refractivity contribution >= 4 is 16.9 Å². The quantitative estimate of drug-likeness (QED) is 0.624. The van der Waals surface area contributed by atoms with Crippen LogP contribution in [0.25, 0.3) is 10.8 Å². The molecule has 0 aliphatic carbocycles. The number of fused-ring (bicyclic) bond motifs is 3. The maximum Gasteiger partial charge on any atom is 0.411 e. The van der Waals surface area contributed by atoms with Gasteiger partial charge in [0.05, 0.1) is 6.04 Å². The van der Waals surface area contributed by atoms with Crippen LogP contribution in [-0.4, -0.2) is 28.7 Å². The number of amides is 1. The third-order valence-corrected chi connectivity index (χ3v) is 5.62. The molecule has 3 heteroatoms. The summed E-state index contributed by atoms with van der Waals surface area (Å²) in [5, 5.41) is 2.63. The van der Waals surface area contributed by atoms with Crippen molar-refractivity contribution in [2.45, 2.75) is 70.6 Å². The van der Waals surface area contributed by atoms with Gasteiger partial charge in [-0.2, -0.15) is 0 Å². The number of nitrogens with zero attached hydrogens (tertiary/aromatic N) is 1. The highest BCUT2D eigenvalue weighted by Crippen LogP contribution is 2.36. The van der Waals surface area contributed by atoms with Gasteiger partial charge in [-0.25, -0.2) is 4.79 Å². The highest BCUT2D eigenvalue weighted by atomic mass is 16.6. The predicted molar refractivity (Wildman–Crippen MR) is 110 cm³/mol. The van der Waals surface area contributed by atoms with Gasteiger partial charge in [-0.3, -0.25) is 4.90 Å². The Morgan fingerprint density at radius 3 is 2.67 bits per heavy atom. The van der Waals surface area contributed by atoms with Crippen molar-refractivity contribution in [2.75, 3.05) is 0 Å². The highest BCUT2D eigenvalue weighted by Gasteiger charge is 2.39. The fraction of sp³-hybridized carbons (Fsp3) is 0.458. The maximum absolute atomic E-state index is 12.7. The molecule has 1 fully saturated rings. The van der Waals surface area contributed by atoms with Crippen LogP contribution >= 0.6 is 0 Å². The Hall–Kier alpha value is -2.29. The summed E-state index contributed by atoms with van der Waals surface area (Å²) in [7, 11) is 0. The van der Waals surface area contributed by atoms with Gasteiger partial charge in [0.25, 0.3) is 0 Å². The minimum absolute atomic E-state index is 0.155. The lowest BCUT2D eigenvalue weighted by Gasteiger charge is -2.45. The van der Waals surface area contributed by atoms with Crippen LogP contribution in [0.5, 0.6) is 0 Å². The lowest BCUT2D eigenvalue weighted by atomic mass is 9.83. The third-order valence-electron chi connectivity index (χ3n) is 5.62. The Bertz CT molecular complexity index is 872. The lowest BCUT2D eigenvalue weighted by molar-refractivity contribution is -0.00149. The van der Waals surface area contributed by atoms with E-state index in [-0.39, 0.29) is 18.2 Å². The zero-order valence-electron chi connectivity index (χ0n) is 16.6. The van der Waals surface area contributed by atoms with Crippen molar-refractivity contribution in [3.05, 3.63) is 59.7 Å². The van der Waals surface area contributed by atoms with Crippen LogP contribution < -0.4 is 0 Å². The van der Waals surface area contributed by atoms with E-state index >= 15 is 0 Å². The van der Waals surface area contributed by atoms with Crippen LogP contribution in [-0.2, 0) is 11.2 Å². The highest BCUT2D eigenvalue weighted by molar-refractivity contribution is 5.85. The number of carbonyl (C=O) groups is 1. The molecular formula is C24H29NO2. The summed E-state index contributed by atoms with van der Waals surface area (Å²) in [6.45, 7) is 5.81. The largest absolute Gasteiger partial charge is 0.444 e. The van der Waals surface area contributed by atoms with Crippen LogP contribution in [0.3, 0.4) is 0 Å². The molecule has 0 radical (unpaired) electrons. The molecule has 2 unspecified atom stereocenters. The summed E-state index contributed by atoms with van der Waals surface area (Å²) < 4.78 is 5.68. The molecule has 1 amide bonds. The molecule has 0 spiro atoms. The van der Waals surface area contributed by atoms with Crippen molar-refractivity contribution in [2.24, 2.45) is 0 Å². The van der Waals surface area contributed by atoms with E-state index in [2.05, 4.69) is 48.5 Å². The Balaban J connectivity index is 1.58. The molecule has 2 atom stereocenters. The predicted octanol–water partition coefficient (Wildman–Crippen LogP) is 5.87. The summed E-state index contributed by atoms with van der Waals surface area (Å²) in [6.07, 6.45) is 7.40. The fourth-order valence-corrected chi connectivity index (χ4v) is 4.54. The first kappa shape index (κ1) is 18.1. The van der Waals surface area contributed by atoms with Gasteiger partial charge in [-0.1, -0.05) is 54.1 Å². The SMILES string of the molecule is CC(C)(C)OC(=O)N1C2C=C(Cc3cccc4ccccc34)CC1CCC2. The van der Waals surface area contributed by atoms with Crippen molar-refractivity contribution < 1.29 is 9.53 Å². The van der Waals surface area contributed by atoms with Crippen molar-refractivity contribution in [1.29, 1.82) is 0 Å². The molecule has 2 bridgehead atoms. The number of rotatable bonds is 2. The van der Waals surface area contributed by atoms with Gasteiger partial charge < -0.3 is 4.74 Å². The molecule has 2 heterocycles. The van der Waals surface area contributed by atoms with E-state index in [0.717, 1.165) is 25.7 Å². The van der Waals surface area contributed by atoms with Crippen LogP contribution in [0.2, 0.25) is 0 Å². The average Bonchev–Trinajstić information content (AvgIpc) is 2.60. The first-order chi connectivity index (χ1) is 12.9. The summed E-state index contributed by atoms with van der Waals surface area (Å²) >= 11 is 0. The molecule has 27 heavy (non-hydrogen) atoms. The van der Waals surface area contributed by atoms with Crippen LogP contribution in [0, 0.1) is 0 Å². The second-order valence-corrected chi connectivity index (χ2v) is 8.88. The fourth-order valence-electron chi connectivity index (χ4n) is 4.54. The minimum atomic E-state index is -0.446. The molecule has 1 saturated heterocycles. The van der Waals surface area contributed by atoms with E-state index in [0.29, 0.717) is 0 Å². The Labute approximate surface area is 162 Å². The van der Waals surface area contributed by atoms with Gasteiger partial charge >= 0.3 is 6.09 Å². The van der Waals surface area contributed by atoms with Crippen LogP contribution in [0.4, 0.5) is 4.79 Å². The van der Waals surface area contributed by atoms with Crippen LogP contribution in [0.15, 0.2) is 54.1 Å². The molecule has 4 rings (SSSR count). The van der Waals surface area contributed by atoms with Gasteiger partial charge in [-0.15, -0.1) is 0 Å². The van der Waals surface area contributed by atoms with Gasteiger partial charge in [0.1, 0.15) is 5.60 Å².